The van der Waals surface area contributed by atoms with Crippen LogP contribution in [0.4, 0.5) is 8.78 Å². The summed E-state index contributed by atoms with van der Waals surface area (Å²) in [6.45, 7) is -2.77. The van der Waals surface area contributed by atoms with E-state index in [1.165, 1.54) is 29.2 Å². The minimum atomic E-state index is -2.90. The highest BCUT2D eigenvalue weighted by atomic mass is 32.2. The van der Waals surface area contributed by atoms with E-state index >= 15 is 0 Å². The van der Waals surface area contributed by atoms with E-state index in [2.05, 4.69) is 15.0 Å². The van der Waals surface area contributed by atoms with Gasteiger partial charge in [0.25, 0.3) is 0 Å². The topological polar surface area (TPSA) is 51.2 Å². The number of ether oxygens (including phenoxy) is 1. The Kier molecular flexibility index (Phi) is 5.83. The van der Waals surface area contributed by atoms with E-state index in [0.717, 1.165) is 14.6 Å². The number of aromatic nitrogens is 1. The monoisotopic (exact) mass is 380 g/mol. The summed E-state index contributed by atoms with van der Waals surface area (Å²) in [6, 6.07) is 14.2. The third kappa shape index (κ3) is 4.90. The maximum Gasteiger partial charge on any atom is 0.387 e. The van der Waals surface area contributed by atoms with Gasteiger partial charge in [0, 0.05) is 12.1 Å². The van der Waals surface area contributed by atoms with Crippen molar-refractivity contribution in [2.75, 3.05) is 5.75 Å². The number of thiazole rings is 1. The van der Waals surface area contributed by atoms with Crippen LogP contribution in [0.3, 0.4) is 0 Å². The Morgan fingerprint density at radius 3 is 2.76 bits per heavy atom. The molecule has 0 saturated heterocycles. The van der Waals surface area contributed by atoms with Crippen molar-refractivity contribution in [2.24, 2.45) is 0 Å². The van der Waals surface area contributed by atoms with Crippen LogP contribution in [0.2, 0.25) is 0 Å². The van der Waals surface area contributed by atoms with Crippen LogP contribution in [0.1, 0.15) is 5.56 Å². The SMILES string of the molecule is O=C(CSc1nc2ccccc2s1)NCc1ccccc1OC(F)F. The Morgan fingerprint density at radius 2 is 1.96 bits per heavy atom. The molecule has 0 unspecified atom stereocenters. The lowest BCUT2D eigenvalue weighted by molar-refractivity contribution is -0.118. The summed E-state index contributed by atoms with van der Waals surface area (Å²) in [5, 5.41) is 2.71. The molecule has 0 aliphatic rings. The van der Waals surface area contributed by atoms with Gasteiger partial charge in [0.15, 0.2) is 4.34 Å². The summed E-state index contributed by atoms with van der Waals surface area (Å²) in [4.78, 5) is 16.4. The fraction of sp³-hybridized carbons (Fsp3) is 0.176. The highest BCUT2D eigenvalue weighted by Crippen LogP contribution is 2.29. The number of alkyl halides is 2. The third-order valence-corrected chi connectivity index (χ3v) is 5.45. The average Bonchev–Trinajstić information content (AvgIpc) is 3.01. The Labute approximate surface area is 151 Å². The molecule has 1 heterocycles. The van der Waals surface area contributed by atoms with Gasteiger partial charge in [0.2, 0.25) is 5.91 Å². The van der Waals surface area contributed by atoms with Gasteiger partial charge in [-0.3, -0.25) is 4.79 Å². The maximum atomic E-state index is 12.4. The van der Waals surface area contributed by atoms with Gasteiger partial charge >= 0.3 is 6.61 Å². The van der Waals surface area contributed by atoms with Crippen molar-refractivity contribution in [3.8, 4) is 5.75 Å². The molecule has 1 amide bonds. The average molecular weight is 380 g/mol. The van der Waals surface area contributed by atoms with Crippen molar-refractivity contribution in [1.82, 2.24) is 10.3 Å². The van der Waals surface area contributed by atoms with Gasteiger partial charge in [-0.05, 0) is 18.2 Å². The van der Waals surface area contributed by atoms with Crippen LogP contribution in [0.15, 0.2) is 52.9 Å². The number of para-hydroxylation sites is 2. The normalized spacial score (nSPS) is 11.0. The van der Waals surface area contributed by atoms with Crippen molar-refractivity contribution in [1.29, 1.82) is 0 Å². The number of thioether (sulfide) groups is 1. The molecule has 0 bridgehead atoms. The van der Waals surface area contributed by atoms with Crippen molar-refractivity contribution in [2.45, 2.75) is 17.5 Å². The molecule has 25 heavy (non-hydrogen) atoms. The summed E-state index contributed by atoms with van der Waals surface area (Å²) < 4.78 is 31.1. The first-order valence-corrected chi connectivity index (χ1v) is 9.20. The first-order valence-electron chi connectivity index (χ1n) is 7.39. The summed E-state index contributed by atoms with van der Waals surface area (Å²) in [7, 11) is 0. The lowest BCUT2D eigenvalue weighted by Crippen LogP contribution is -2.25. The summed E-state index contributed by atoms with van der Waals surface area (Å²) in [5.74, 6) is 0.0743. The number of fused-ring (bicyclic) bond motifs is 1. The molecule has 8 heteroatoms. The largest absolute Gasteiger partial charge is 0.434 e. The van der Waals surface area contributed by atoms with E-state index < -0.39 is 6.61 Å². The van der Waals surface area contributed by atoms with Gasteiger partial charge in [0.1, 0.15) is 5.75 Å². The number of rotatable bonds is 7. The molecule has 0 aliphatic carbocycles. The number of halogens is 2. The molecule has 3 rings (SSSR count). The molecule has 0 fully saturated rings. The zero-order chi connectivity index (χ0) is 17.6. The molecule has 4 nitrogen and oxygen atoms in total. The number of hydrogen-bond acceptors (Lipinski definition) is 5. The Bertz CT molecular complexity index is 837. The smallest absolute Gasteiger partial charge is 0.387 e. The van der Waals surface area contributed by atoms with Gasteiger partial charge in [-0.25, -0.2) is 4.98 Å². The number of nitrogens with one attached hydrogen (secondary N) is 1. The van der Waals surface area contributed by atoms with Crippen molar-refractivity contribution in [3.63, 3.8) is 0 Å². The molecule has 2 aromatic carbocycles. The fourth-order valence-electron chi connectivity index (χ4n) is 2.15. The molecule has 1 aromatic heterocycles. The second-order valence-corrected chi connectivity index (χ2v) is 7.25. The van der Waals surface area contributed by atoms with Crippen LogP contribution < -0.4 is 10.1 Å². The van der Waals surface area contributed by atoms with Crippen LogP contribution >= 0.6 is 23.1 Å². The number of amides is 1. The quantitative estimate of drug-likeness (QED) is 0.621. The zero-order valence-electron chi connectivity index (χ0n) is 12.9. The van der Waals surface area contributed by atoms with Gasteiger partial charge < -0.3 is 10.1 Å². The molecule has 130 valence electrons. The van der Waals surface area contributed by atoms with E-state index in [1.54, 1.807) is 18.2 Å². The molecule has 0 radical (unpaired) electrons. The molecule has 0 aliphatic heterocycles. The van der Waals surface area contributed by atoms with Crippen molar-refractivity contribution >= 4 is 39.2 Å². The molecule has 0 saturated carbocycles. The standard InChI is InChI=1S/C17H14F2N2O2S2/c18-16(19)23-13-7-3-1-5-11(13)9-20-15(22)10-24-17-21-12-6-2-4-8-14(12)25-17/h1-8,16H,9-10H2,(H,20,22). The number of benzene rings is 2. The van der Waals surface area contributed by atoms with Crippen LogP contribution in [-0.2, 0) is 11.3 Å². The van der Waals surface area contributed by atoms with E-state index in [4.69, 9.17) is 0 Å². The predicted octanol–water partition coefficient (Wildman–Crippen LogP) is 4.31. The first kappa shape index (κ1) is 17.6. The van der Waals surface area contributed by atoms with Crippen molar-refractivity contribution in [3.05, 3.63) is 54.1 Å². The Morgan fingerprint density at radius 1 is 1.20 bits per heavy atom. The first-order chi connectivity index (χ1) is 12.1. The van der Waals surface area contributed by atoms with E-state index in [9.17, 15) is 13.6 Å². The van der Waals surface area contributed by atoms with E-state index in [1.807, 2.05) is 24.3 Å². The van der Waals surface area contributed by atoms with Crippen LogP contribution in [-0.4, -0.2) is 23.3 Å². The highest BCUT2D eigenvalue weighted by Gasteiger charge is 2.11. The number of carbonyl (C=O) groups excluding carboxylic acids is 1. The Balaban J connectivity index is 1.53. The maximum absolute atomic E-state index is 12.4. The van der Waals surface area contributed by atoms with Gasteiger partial charge in [-0.15, -0.1) is 11.3 Å². The second kappa shape index (κ2) is 8.26. The van der Waals surface area contributed by atoms with Gasteiger partial charge in [-0.2, -0.15) is 8.78 Å². The summed E-state index contributed by atoms with van der Waals surface area (Å²) >= 11 is 2.88. The zero-order valence-corrected chi connectivity index (χ0v) is 14.6. The molecule has 0 spiro atoms. The van der Waals surface area contributed by atoms with Gasteiger partial charge in [0.05, 0.1) is 16.0 Å². The molecule has 3 aromatic rings. The van der Waals surface area contributed by atoms with Crippen LogP contribution in [0.25, 0.3) is 10.2 Å². The second-order valence-electron chi connectivity index (χ2n) is 5.00. The minimum Gasteiger partial charge on any atom is -0.434 e. The van der Waals surface area contributed by atoms with Gasteiger partial charge in [-0.1, -0.05) is 42.1 Å². The molecule has 0 atom stereocenters. The molecular formula is C17H14F2N2O2S2. The molecule has 1 N–H and O–H groups in total. The Hall–Kier alpha value is -2.19. The minimum absolute atomic E-state index is 0.0663. The number of carbonyl (C=O) groups is 1. The lowest BCUT2D eigenvalue weighted by Gasteiger charge is -2.11. The number of hydrogen-bond donors (Lipinski definition) is 1. The van der Waals surface area contributed by atoms with Crippen molar-refractivity contribution < 1.29 is 18.3 Å². The fourth-order valence-corrected chi connectivity index (χ4v) is 4.04. The van der Waals surface area contributed by atoms with E-state index in [0.29, 0.717) is 5.56 Å². The number of nitrogens with zero attached hydrogens (tertiary/aromatic N) is 1. The summed E-state index contributed by atoms with van der Waals surface area (Å²) in [6.07, 6.45) is 0. The third-order valence-electron chi connectivity index (χ3n) is 3.27. The predicted molar refractivity (Wildman–Crippen MR) is 95.3 cm³/mol. The summed E-state index contributed by atoms with van der Waals surface area (Å²) in [5.41, 5.74) is 1.41. The highest BCUT2D eigenvalue weighted by molar-refractivity contribution is 8.01. The lowest BCUT2D eigenvalue weighted by atomic mass is 10.2. The molecular weight excluding hydrogens is 366 g/mol. The van der Waals surface area contributed by atoms with Crippen LogP contribution in [0, 0.1) is 0 Å². The van der Waals surface area contributed by atoms with Crippen LogP contribution in [0.5, 0.6) is 5.75 Å². The van der Waals surface area contributed by atoms with E-state index in [-0.39, 0.29) is 24.0 Å².